The van der Waals surface area contributed by atoms with Gasteiger partial charge < -0.3 is 9.31 Å². The summed E-state index contributed by atoms with van der Waals surface area (Å²) in [5.41, 5.74) is 1.41. The number of para-hydroxylation sites is 2. The minimum Gasteiger partial charge on any atom is -0.503 e. The Morgan fingerprint density at radius 2 is 0.841 bits per heavy atom. The SMILES string of the molecule is O=C1c2cccc(-c3ccccc3)c2N=c2c(OB(F)F)c3c(c(OB(F)F)c21)=Nc1c(cccc1-c1ccccc1)C3=O. The summed E-state index contributed by atoms with van der Waals surface area (Å²) in [5.74, 6) is -3.16. The zero-order chi connectivity index (χ0) is 30.5. The summed E-state index contributed by atoms with van der Waals surface area (Å²) in [7, 11) is -6.91. The van der Waals surface area contributed by atoms with Crippen LogP contribution in [0.4, 0.5) is 28.6 Å². The third-order valence-electron chi connectivity index (χ3n) is 7.40. The minimum atomic E-state index is -3.45. The Labute approximate surface area is 247 Å². The van der Waals surface area contributed by atoms with Crippen LogP contribution in [0.15, 0.2) is 107 Å². The highest BCUT2D eigenvalue weighted by Crippen LogP contribution is 2.41. The van der Waals surface area contributed by atoms with Crippen LogP contribution in [-0.4, -0.2) is 26.5 Å². The lowest BCUT2D eigenvalue weighted by atomic mass is 9.87. The van der Waals surface area contributed by atoms with E-state index in [0.717, 1.165) is 0 Å². The molecule has 12 heteroatoms. The Morgan fingerprint density at radius 1 is 0.477 bits per heavy atom. The van der Waals surface area contributed by atoms with Gasteiger partial charge in [-0.3, -0.25) is 9.59 Å². The highest BCUT2D eigenvalue weighted by molar-refractivity contribution is 6.36. The smallest absolute Gasteiger partial charge is 0.503 e. The van der Waals surface area contributed by atoms with Crippen LogP contribution in [0.25, 0.3) is 22.3 Å². The molecule has 0 aromatic heterocycles. The molecule has 2 aliphatic rings. The summed E-state index contributed by atoms with van der Waals surface area (Å²) in [6, 6.07) is 27.2. The molecule has 0 aliphatic carbocycles. The lowest BCUT2D eigenvalue weighted by Crippen LogP contribution is -2.36. The molecule has 7 rings (SSSR count). The van der Waals surface area contributed by atoms with Crippen molar-refractivity contribution in [1.82, 2.24) is 0 Å². The van der Waals surface area contributed by atoms with Crippen LogP contribution in [0.5, 0.6) is 11.5 Å². The van der Waals surface area contributed by atoms with Gasteiger partial charge in [0.15, 0.2) is 0 Å². The van der Waals surface area contributed by atoms with Gasteiger partial charge in [0.05, 0.1) is 22.5 Å². The molecule has 0 atom stereocenters. The molecule has 0 amide bonds. The number of rotatable bonds is 6. The number of ketones is 2. The van der Waals surface area contributed by atoms with Gasteiger partial charge in [0.25, 0.3) is 0 Å². The van der Waals surface area contributed by atoms with Gasteiger partial charge >= 0.3 is 14.9 Å². The lowest BCUT2D eigenvalue weighted by Gasteiger charge is -2.24. The van der Waals surface area contributed by atoms with E-state index in [2.05, 4.69) is 9.98 Å². The summed E-state index contributed by atoms with van der Waals surface area (Å²) >= 11 is 0. The quantitative estimate of drug-likeness (QED) is 0.161. The Morgan fingerprint density at radius 3 is 1.20 bits per heavy atom. The maximum absolute atomic E-state index is 14.1. The molecule has 5 aromatic rings. The number of carbonyl (C=O) groups excluding carboxylic acids is 2. The number of benzene rings is 5. The van der Waals surface area contributed by atoms with E-state index in [1.54, 1.807) is 84.9 Å². The summed E-state index contributed by atoms with van der Waals surface area (Å²) < 4.78 is 65.7. The predicted octanol–water partition coefficient (Wildman–Crippen LogP) is 6.62. The van der Waals surface area contributed by atoms with E-state index in [-0.39, 0.29) is 22.5 Å². The van der Waals surface area contributed by atoms with Gasteiger partial charge in [0.1, 0.15) is 22.2 Å². The van der Waals surface area contributed by atoms with Gasteiger partial charge in [-0.1, -0.05) is 84.9 Å². The molecule has 0 spiro atoms. The first-order valence-corrected chi connectivity index (χ1v) is 13.4. The molecule has 0 saturated heterocycles. The summed E-state index contributed by atoms with van der Waals surface area (Å²) in [4.78, 5) is 37.2. The van der Waals surface area contributed by atoms with Gasteiger partial charge in [0, 0.05) is 22.3 Å². The summed E-state index contributed by atoms with van der Waals surface area (Å²) in [5, 5.41) is -1.04. The number of fused-ring (bicyclic) bond motifs is 4. The second-order valence-electron chi connectivity index (χ2n) is 9.88. The third-order valence-corrected chi connectivity index (χ3v) is 7.40. The fraction of sp³-hybridized carbons (Fsp3) is 0. The van der Waals surface area contributed by atoms with Crippen molar-refractivity contribution in [1.29, 1.82) is 0 Å². The molecule has 0 bridgehead atoms. The van der Waals surface area contributed by atoms with Crippen LogP contribution in [0, 0.1) is 0 Å². The Hall–Kier alpha value is -5.51. The van der Waals surface area contributed by atoms with E-state index in [1.807, 2.05) is 0 Å². The van der Waals surface area contributed by atoms with Gasteiger partial charge in [-0.05, 0) is 23.3 Å². The van der Waals surface area contributed by atoms with Crippen LogP contribution in [-0.2, 0) is 0 Å². The summed E-state index contributed by atoms with van der Waals surface area (Å²) in [6.45, 7) is 0. The normalized spacial score (nSPS) is 12.5. The zero-order valence-electron chi connectivity index (χ0n) is 22.4. The van der Waals surface area contributed by atoms with Crippen molar-refractivity contribution in [3.8, 4) is 33.8 Å². The van der Waals surface area contributed by atoms with E-state index in [0.29, 0.717) is 22.3 Å². The number of halogens is 4. The lowest BCUT2D eigenvalue weighted by molar-refractivity contribution is 0.101. The first-order valence-electron chi connectivity index (χ1n) is 13.4. The van der Waals surface area contributed by atoms with Gasteiger partial charge in [-0.15, -0.1) is 0 Å². The van der Waals surface area contributed by atoms with E-state index < -0.39 is 59.8 Å². The highest BCUT2D eigenvalue weighted by atomic mass is 19.2. The largest absolute Gasteiger partial charge is 0.796 e. The van der Waals surface area contributed by atoms with E-state index >= 15 is 0 Å². The number of hydrogen-bond donors (Lipinski definition) is 0. The van der Waals surface area contributed by atoms with Crippen LogP contribution in [0.3, 0.4) is 0 Å². The first-order chi connectivity index (χ1) is 21.3. The van der Waals surface area contributed by atoms with Gasteiger partial charge in [-0.25, -0.2) is 27.2 Å². The molecule has 0 N–H and O–H groups in total. The van der Waals surface area contributed by atoms with Gasteiger partial charge in [0.2, 0.25) is 11.6 Å². The Balaban J connectivity index is 1.62. The molecule has 0 saturated carbocycles. The minimum absolute atomic E-state index is 0.0217. The van der Waals surface area contributed by atoms with Crippen LogP contribution < -0.4 is 20.0 Å². The first kappa shape index (κ1) is 27.3. The number of carbonyl (C=O) groups is 2. The summed E-state index contributed by atoms with van der Waals surface area (Å²) in [6.07, 6.45) is 0. The molecule has 2 aliphatic heterocycles. The van der Waals surface area contributed by atoms with Crippen LogP contribution in [0.2, 0.25) is 0 Å². The molecule has 2 heterocycles. The van der Waals surface area contributed by atoms with Crippen LogP contribution >= 0.6 is 0 Å². The standard InChI is InChI=1S/C32H16B2F4N2O4/c35-33(36)43-31-24-28(40-26-20(18-11-5-2-6-12-18)14-8-16-22(26)30(24)42)32(44-34(37)38)23-27(31)39-25-19(17-9-3-1-4-10-17)13-7-15-21(25)29(23)41/h1-16H. The molecule has 0 radical (unpaired) electrons. The topological polar surface area (TPSA) is 77.3 Å². The van der Waals surface area contributed by atoms with Crippen molar-refractivity contribution in [2.24, 2.45) is 9.98 Å². The second kappa shape index (κ2) is 10.6. The fourth-order valence-corrected chi connectivity index (χ4v) is 5.61. The second-order valence-corrected chi connectivity index (χ2v) is 9.88. The third kappa shape index (κ3) is 4.38. The van der Waals surface area contributed by atoms with E-state index in [4.69, 9.17) is 9.31 Å². The van der Waals surface area contributed by atoms with Crippen molar-refractivity contribution in [3.05, 3.63) is 130 Å². The Bertz CT molecular complexity index is 1980. The average molecular weight is 590 g/mol. The highest BCUT2D eigenvalue weighted by Gasteiger charge is 2.39. The fourth-order valence-electron chi connectivity index (χ4n) is 5.61. The zero-order valence-corrected chi connectivity index (χ0v) is 22.4. The molecule has 0 unspecified atom stereocenters. The predicted molar refractivity (Wildman–Crippen MR) is 156 cm³/mol. The van der Waals surface area contributed by atoms with Crippen molar-refractivity contribution in [3.63, 3.8) is 0 Å². The molecular weight excluding hydrogens is 574 g/mol. The van der Waals surface area contributed by atoms with Crippen LogP contribution in [0.1, 0.15) is 31.8 Å². The molecule has 212 valence electrons. The molecule has 44 heavy (non-hydrogen) atoms. The van der Waals surface area contributed by atoms with Gasteiger partial charge in [-0.2, -0.15) is 0 Å². The molecule has 0 fully saturated rings. The van der Waals surface area contributed by atoms with E-state index in [9.17, 15) is 26.9 Å². The maximum Gasteiger partial charge on any atom is 0.796 e. The molecular formula is C32H16B2F4N2O4. The number of hydrogen-bond acceptors (Lipinski definition) is 6. The number of nitrogens with zero attached hydrogens (tertiary/aromatic N) is 2. The Kier molecular flexibility index (Phi) is 6.61. The van der Waals surface area contributed by atoms with Crippen molar-refractivity contribution < 1.29 is 36.2 Å². The van der Waals surface area contributed by atoms with Crippen molar-refractivity contribution >= 4 is 37.9 Å². The molecule has 6 nitrogen and oxygen atoms in total. The molecule has 5 aromatic carbocycles. The van der Waals surface area contributed by atoms with Crippen molar-refractivity contribution in [2.75, 3.05) is 0 Å². The van der Waals surface area contributed by atoms with Crippen molar-refractivity contribution in [2.45, 2.75) is 0 Å². The monoisotopic (exact) mass is 590 g/mol. The van der Waals surface area contributed by atoms with E-state index in [1.165, 1.54) is 12.1 Å². The maximum atomic E-state index is 14.1. The average Bonchev–Trinajstić information content (AvgIpc) is 3.03.